The predicted molar refractivity (Wildman–Crippen MR) is 119 cm³/mol. The van der Waals surface area contributed by atoms with Gasteiger partial charge in [-0.2, -0.15) is 0 Å². The molecule has 0 radical (unpaired) electrons. The lowest BCUT2D eigenvalue weighted by molar-refractivity contribution is 0.0988. The SMILES string of the molecule is CSc1ncc2c(n1)N1CCC[C@H]1CN(c1cccc3c(=O)n(CCO)cnc13)C2=O. The maximum absolute atomic E-state index is 13.6. The van der Waals surface area contributed by atoms with Crippen molar-refractivity contribution in [2.45, 2.75) is 30.6 Å². The Morgan fingerprint density at radius 3 is 2.94 bits per heavy atom. The summed E-state index contributed by atoms with van der Waals surface area (Å²) >= 11 is 1.45. The molecule has 4 heterocycles. The molecule has 0 aliphatic carbocycles. The molecular weight excluding hydrogens is 416 g/mol. The van der Waals surface area contributed by atoms with Crippen LogP contribution in [0.4, 0.5) is 11.5 Å². The Kier molecular flexibility index (Phi) is 5.11. The lowest BCUT2D eigenvalue weighted by Crippen LogP contribution is -2.40. The molecule has 1 amide bonds. The highest BCUT2D eigenvalue weighted by Gasteiger charge is 2.38. The Morgan fingerprint density at radius 2 is 2.13 bits per heavy atom. The quantitative estimate of drug-likeness (QED) is 0.483. The fraction of sp³-hybridized carbons (Fsp3) is 0.381. The summed E-state index contributed by atoms with van der Waals surface area (Å²) in [6.45, 7) is 1.37. The molecule has 2 aliphatic heterocycles. The second-order valence-corrected chi connectivity index (χ2v) is 8.41. The predicted octanol–water partition coefficient (Wildman–Crippen LogP) is 1.53. The van der Waals surface area contributed by atoms with Crippen molar-refractivity contribution in [3.63, 3.8) is 0 Å². The van der Waals surface area contributed by atoms with Crippen LogP contribution in [0.3, 0.4) is 0 Å². The van der Waals surface area contributed by atoms with Gasteiger partial charge in [0.2, 0.25) is 0 Å². The van der Waals surface area contributed by atoms with E-state index in [1.54, 1.807) is 23.2 Å². The summed E-state index contributed by atoms with van der Waals surface area (Å²) in [6.07, 6.45) is 6.94. The molecular formula is C21H22N6O3S. The molecule has 3 aromatic rings. The van der Waals surface area contributed by atoms with Crippen molar-refractivity contribution >= 4 is 40.1 Å². The van der Waals surface area contributed by atoms with Crippen LogP contribution in [0.15, 0.2) is 40.7 Å². The number of benzene rings is 1. The number of hydrogen-bond acceptors (Lipinski definition) is 8. The Bertz CT molecular complexity index is 1230. The van der Waals surface area contributed by atoms with E-state index >= 15 is 0 Å². The van der Waals surface area contributed by atoms with Gasteiger partial charge in [-0.3, -0.25) is 14.2 Å². The summed E-state index contributed by atoms with van der Waals surface area (Å²) < 4.78 is 1.38. The second-order valence-electron chi connectivity index (χ2n) is 7.64. The monoisotopic (exact) mass is 438 g/mol. The van der Waals surface area contributed by atoms with E-state index < -0.39 is 0 Å². The van der Waals surface area contributed by atoms with Crippen LogP contribution in [-0.2, 0) is 6.54 Å². The minimum atomic E-state index is -0.237. The number of carbonyl (C=O) groups excluding carboxylic acids is 1. The molecule has 10 heteroatoms. The van der Waals surface area contributed by atoms with Crippen LogP contribution >= 0.6 is 11.8 Å². The number of fused-ring (bicyclic) bond motifs is 4. The van der Waals surface area contributed by atoms with Crippen molar-refractivity contribution in [3.8, 4) is 0 Å². The van der Waals surface area contributed by atoms with Crippen molar-refractivity contribution in [2.75, 3.05) is 35.8 Å². The second kappa shape index (κ2) is 7.93. The topological polar surface area (TPSA) is 104 Å². The minimum absolute atomic E-state index is 0.139. The van der Waals surface area contributed by atoms with Gasteiger partial charge in [0.1, 0.15) is 16.9 Å². The zero-order valence-electron chi connectivity index (χ0n) is 17.1. The average Bonchev–Trinajstić information content (AvgIpc) is 3.22. The van der Waals surface area contributed by atoms with Gasteiger partial charge in [-0.05, 0) is 31.2 Å². The Morgan fingerprint density at radius 1 is 1.26 bits per heavy atom. The number of aliphatic hydroxyl groups excluding tert-OH is 1. The van der Waals surface area contributed by atoms with Crippen molar-refractivity contribution in [3.05, 3.63) is 46.6 Å². The van der Waals surface area contributed by atoms with Crippen LogP contribution in [0.25, 0.3) is 10.9 Å². The summed E-state index contributed by atoms with van der Waals surface area (Å²) in [4.78, 5) is 43.9. The Labute approximate surface area is 182 Å². The first-order valence-corrected chi connectivity index (χ1v) is 11.4. The molecule has 1 aromatic carbocycles. The molecule has 5 rings (SSSR count). The van der Waals surface area contributed by atoms with Crippen LogP contribution in [0, 0.1) is 0 Å². The van der Waals surface area contributed by atoms with Gasteiger partial charge in [-0.15, -0.1) is 0 Å². The van der Waals surface area contributed by atoms with Gasteiger partial charge in [0.05, 0.1) is 30.6 Å². The van der Waals surface area contributed by atoms with Crippen LogP contribution in [0.2, 0.25) is 0 Å². The molecule has 160 valence electrons. The van der Waals surface area contributed by atoms with E-state index in [0.717, 1.165) is 19.4 Å². The van der Waals surface area contributed by atoms with Crippen LogP contribution < -0.4 is 15.4 Å². The average molecular weight is 439 g/mol. The minimum Gasteiger partial charge on any atom is -0.395 e. The third kappa shape index (κ3) is 3.26. The number of aliphatic hydroxyl groups is 1. The van der Waals surface area contributed by atoms with E-state index in [9.17, 15) is 14.7 Å². The standard InChI is InChI=1S/C21H22N6O3S/c1-31-21-22-10-15-18(24-21)26-7-3-4-13(26)11-27(20(15)30)16-6-2-5-14-17(16)23-12-25(8-9-28)19(14)29/h2,5-6,10,12-13,28H,3-4,7-9,11H2,1H3/t13-/m0/s1. The zero-order chi connectivity index (χ0) is 21.5. The lowest BCUT2D eigenvalue weighted by Gasteiger charge is -2.27. The zero-order valence-corrected chi connectivity index (χ0v) is 17.9. The van der Waals surface area contributed by atoms with Gasteiger partial charge in [-0.25, -0.2) is 15.0 Å². The summed E-state index contributed by atoms with van der Waals surface area (Å²) in [5.41, 5.74) is 1.31. The van der Waals surface area contributed by atoms with Gasteiger partial charge in [0.25, 0.3) is 11.5 Å². The molecule has 0 bridgehead atoms. The van der Waals surface area contributed by atoms with Crippen LogP contribution in [0.1, 0.15) is 23.2 Å². The lowest BCUT2D eigenvalue weighted by atomic mass is 10.1. The van der Waals surface area contributed by atoms with Gasteiger partial charge >= 0.3 is 0 Å². The number of hydrogen-bond donors (Lipinski definition) is 1. The van der Waals surface area contributed by atoms with Gasteiger partial charge in [0.15, 0.2) is 5.16 Å². The number of thioether (sulfide) groups is 1. The van der Waals surface area contributed by atoms with Crippen molar-refractivity contribution in [2.24, 2.45) is 0 Å². The summed E-state index contributed by atoms with van der Waals surface area (Å²) in [5.74, 6) is 0.499. The van der Waals surface area contributed by atoms with Gasteiger partial charge in [0, 0.05) is 25.3 Å². The highest BCUT2D eigenvalue weighted by molar-refractivity contribution is 7.98. The first-order chi connectivity index (χ1) is 15.1. The maximum atomic E-state index is 13.6. The highest BCUT2D eigenvalue weighted by atomic mass is 32.2. The van der Waals surface area contributed by atoms with Crippen molar-refractivity contribution < 1.29 is 9.90 Å². The summed E-state index contributed by atoms with van der Waals surface area (Å²) in [7, 11) is 0. The normalized spacial score (nSPS) is 18.3. The van der Waals surface area contributed by atoms with Crippen molar-refractivity contribution in [1.82, 2.24) is 19.5 Å². The third-order valence-corrected chi connectivity index (χ3v) is 6.47. The molecule has 1 saturated heterocycles. The maximum Gasteiger partial charge on any atom is 0.263 e. The molecule has 0 unspecified atom stereocenters. The number of nitrogens with zero attached hydrogens (tertiary/aromatic N) is 6. The fourth-order valence-corrected chi connectivity index (χ4v) is 4.77. The molecule has 1 fully saturated rings. The molecule has 9 nitrogen and oxygen atoms in total. The smallest absolute Gasteiger partial charge is 0.263 e. The molecule has 0 saturated carbocycles. The van der Waals surface area contributed by atoms with E-state index in [1.165, 1.54) is 22.7 Å². The van der Waals surface area contributed by atoms with Crippen LogP contribution in [-0.4, -0.2) is 62.5 Å². The van der Waals surface area contributed by atoms with E-state index in [-0.39, 0.29) is 30.7 Å². The summed E-state index contributed by atoms with van der Waals surface area (Å²) in [5, 5.41) is 10.3. The number of para-hydroxylation sites is 1. The first kappa shape index (κ1) is 20.0. The van der Waals surface area contributed by atoms with Crippen LogP contribution in [0.5, 0.6) is 0 Å². The third-order valence-electron chi connectivity index (χ3n) is 5.91. The van der Waals surface area contributed by atoms with E-state index in [1.807, 2.05) is 12.3 Å². The Hall–Kier alpha value is -2.98. The Balaban J connectivity index is 1.66. The number of anilines is 2. The molecule has 0 spiro atoms. The fourth-order valence-electron chi connectivity index (χ4n) is 4.44. The van der Waals surface area contributed by atoms with E-state index in [4.69, 9.17) is 0 Å². The summed E-state index contributed by atoms with van der Waals surface area (Å²) in [6, 6.07) is 5.43. The molecule has 1 atom stereocenters. The highest BCUT2D eigenvalue weighted by Crippen LogP contribution is 2.35. The first-order valence-electron chi connectivity index (χ1n) is 10.2. The molecule has 2 aliphatic rings. The van der Waals surface area contributed by atoms with E-state index in [2.05, 4.69) is 19.9 Å². The molecule has 1 N–H and O–H groups in total. The van der Waals surface area contributed by atoms with Crippen molar-refractivity contribution in [1.29, 1.82) is 0 Å². The number of rotatable bonds is 4. The number of aromatic nitrogens is 4. The van der Waals surface area contributed by atoms with Gasteiger partial charge < -0.3 is 14.9 Å². The number of carbonyl (C=O) groups is 1. The van der Waals surface area contributed by atoms with E-state index in [0.29, 0.717) is 39.7 Å². The molecule has 2 aromatic heterocycles. The molecule has 31 heavy (non-hydrogen) atoms. The number of amides is 1. The largest absolute Gasteiger partial charge is 0.395 e. The van der Waals surface area contributed by atoms with Gasteiger partial charge in [-0.1, -0.05) is 17.8 Å².